The molecular formula is C11H13BrN2O3. The molecule has 1 aromatic carbocycles. The number of nitrogens with two attached hydrogens (primary N) is 1. The van der Waals surface area contributed by atoms with Gasteiger partial charge in [0, 0.05) is 6.07 Å². The molecule has 2 atom stereocenters. The summed E-state index contributed by atoms with van der Waals surface area (Å²) in [6, 6.07) is 4.15. The van der Waals surface area contributed by atoms with E-state index in [9.17, 15) is 15.2 Å². The summed E-state index contributed by atoms with van der Waals surface area (Å²) < 4.78 is 0.416. The number of aliphatic hydroxyl groups is 1. The van der Waals surface area contributed by atoms with Gasteiger partial charge in [0.15, 0.2) is 0 Å². The summed E-state index contributed by atoms with van der Waals surface area (Å²) in [5.74, 6) is 0.243. The monoisotopic (exact) mass is 300 g/mol. The van der Waals surface area contributed by atoms with Crippen molar-refractivity contribution in [1.29, 1.82) is 0 Å². The Labute approximate surface area is 107 Å². The highest BCUT2D eigenvalue weighted by molar-refractivity contribution is 9.10. The third-order valence-electron chi connectivity index (χ3n) is 3.02. The topological polar surface area (TPSA) is 89.4 Å². The summed E-state index contributed by atoms with van der Waals surface area (Å²) in [6.07, 6.45) is 1.34. The minimum Gasteiger partial charge on any atom is -0.391 e. The van der Waals surface area contributed by atoms with E-state index in [1.807, 2.05) is 0 Å². The Morgan fingerprint density at radius 2 is 2.18 bits per heavy atom. The summed E-state index contributed by atoms with van der Waals surface area (Å²) in [7, 11) is 0. The lowest BCUT2D eigenvalue weighted by atomic mass is 9.99. The molecule has 0 radical (unpaired) electrons. The molecule has 92 valence electrons. The lowest BCUT2D eigenvalue weighted by Gasteiger charge is -2.18. The largest absolute Gasteiger partial charge is 0.391 e. The van der Waals surface area contributed by atoms with Gasteiger partial charge in [0.25, 0.3) is 5.69 Å². The Morgan fingerprint density at radius 1 is 1.53 bits per heavy atom. The second kappa shape index (κ2) is 4.72. The molecule has 6 heteroatoms. The van der Waals surface area contributed by atoms with Gasteiger partial charge in [0.1, 0.15) is 0 Å². The van der Waals surface area contributed by atoms with E-state index in [2.05, 4.69) is 15.9 Å². The maximum atomic E-state index is 10.8. The molecule has 5 nitrogen and oxygen atoms in total. The molecule has 0 aliphatic heterocycles. The van der Waals surface area contributed by atoms with Crippen LogP contribution in [0.4, 0.5) is 5.69 Å². The van der Waals surface area contributed by atoms with E-state index in [1.165, 1.54) is 6.07 Å². The van der Waals surface area contributed by atoms with Gasteiger partial charge < -0.3 is 10.8 Å². The molecule has 0 spiro atoms. The van der Waals surface area contributed by atoms with E-state index in [1.54, 1.807) is 12.1 Å². The molecule has 0 saturated heterocycles. The molecule has 1 aliphatic carbocycles. The van der Waals surface area contributed by atoms with Crippen molar-refractivity contribution in [3.63, 3.8) is 0 Å². The van der Waals surface area contributed by atoms with Gasteiger partial charge in [-0.3, -0.25) is 10.1 Å². The van der Waals surface area contributed by atoms with E-state index in [0.717, 1.165) is 12.8 Å². The molecule has 17 heavy (non-hydrogen) atoms. The zero-order valence-electron chi connectivity index (χ0n) is 9.04. The van der Waals surface area contributed by atoms with Gasteiger partial charge in [0.2, 0.25) is 0 Å². The molecule has 1 aromatic rings. The first-order valence-electron chi connectivity index (χ1n) is 5.38. The average molecular weight is 301 g/mol. The predicted molar refractivity (Wildman–Crippen MR) is 66.5 cm³/mol. The molecule has 0 bridgehead atoms. The summed E-state index contributed by atoms with van der Waals surface area (Å²) in [6.45, 7) is 0. The molecule has 0 heterocycles. The second-order valence-corrected chi connectivity index (χ2v) is 5.18. The molecule has 3 N–H and O–H groups in total. The number of nitro groups is 1. The normalized spacial score (nSPS) is 18.8. The number of hydrogen-bond acceptors (Lipinski definition) is 4. The van der Waals surface area contributed by atoms with Crippen LogP contribution in [0.1, 0.15) is 24.4 Å². The molecule has 1 saturated carbocycles. The number of nitro benzene ring substituents is 1. The molecular weight excluding hydrogens is 288 g/mol. The number of rotatable bonds is 4. The van der Waals surface area contributed by atoms with Crippen LogP contribution in [0.2, 0.25) is 0 Å². The van der Waals surface area contributed by atoms with Crippen LogP contribution >= 0.6 is 15.9 Å². The Morgan fingerprint density at radius 3 is 2.71 bits per heavy atom. The minimum atomic E-state index is -0.615. The highest BCUT2D eigenvalue weighted by Crippen LogP contribution is 2.38. The number of halogens is 1. The standard InChI is InChI=1S/C11H13BrN2O3/c12-8-4-3-7(5-9(8)14(16)17)10(13)11(15)6-1-2-6/h3-6,10-11,15H,1-2,13H2/t10-,11+/m1/s1. The van der Waals surface area contributed by atoms with Gasteiger partial charge in [0.05, 0.1) is 21.5 Å². The zero-order chi connectivity index (χ0) is 12.6. The Balaban J connectivity index is 2.25. The summed E-state index contributed by atoms with van der Waals surface area (Å²) in [5.41, 5.74) is 6.48. The zero-order valence-corrected chi connectivity index (χ0v) is 10.6. The SMILES string of the molecule is N[C@H](c1ccc(Br)c([N+](=O)[O-])c1)[C@@H](O)C1CC1. The molecule has 0 amide bonds. The van der Waals surface area contributed by atoms with Gasteiger partial charge >= 0.3 is 0 Å². The first-order chi connectivity index (χ1) is 8.00. The first kappa shape index (κ1) is 12.5. The van der Waals surface area contributed by atoms with Crippen molar-refractivity contribution < 1.29 is 10.0 Å². The van der Waals surface area contributed by atoms with Crippen LogP contribution in [0.25, 0.3) is 0 Å². The molecule has 1 aliphatic rings. The van der Waals surface area contributed by atoms with Gasteiger partial charge in [-0.15, -0.1) is 0 Å². The quantitative estimate of drug-likeness (QED) is 0.658. The van der Waals surface area contributed by atoms with Crippen molar-refractivity contribution in [3.8, 4) is 0 Å². The van der Waals surface area contributed by atoms with Crippen LogP contribution in [-0.2, 0) is 0 Å². The molecule has 0 unspecified atom stereocenters. The van der Waals surface area contributed by atoms with Crippen molar-refractivity contribution in [2.45, 2.75) is 25.0 Å². The molecule has 1 fully saturated rings. The number of nitrogens with zero attached hydrogens (tertiary/aromatic N) is 1. The van der Waals surface area contributed by atoms with Crippen LogP contribution in [0.5, 0.6) is 0 Å². The Kier molecular flexibility index (Phi) is 3.46. The highest BCUT2D eigenvalue weighted by atomic mass is 79.9. The van der Waals surface area contributed by atoms with Crippen LogP contribution in [0.15, 0.2) is 22.7 Å². The maximum absolute atomic E-state index is 10.8. The first-order valence-corrected chi connectivity index (χ1v) is 6.17. The van der Waals surface area contributed by atoms with E-state index < -0.39 is 17.1 Å². The summed E-state index contributed by atoms with van der Waals surface area (Å²) in [5, 5.41) is 20.7. The van der Waals surface area contributed by atoms with Crippen LogP contribution in [-0.4, -0.2) is 16.1 Å². The van der Waals surface area contributed by atoms with Crippen molar-refractivity contribution in [1.82, 2.24) is 0 Å². The molecule has 2 rings (SSSR count). The molecule has 0 aromatic heterocycles. The number of aliphatic hydroxyl groups excluding tert-OH is 1. The summed E-state index contributed by atoms with van der Waals surface area (Å²) >= 11 is 3.11. The van der Waals surface area contributed by atoms with Crippen molar-refractivity contribution in [2.24, 2.45) is 11.7 Å². The Bertz CT molecular complexity index is 448. The van der Waals surface area contributed by atoms with Crippen molar-refractivity contribution in [3.05, 3.63) is 38.3 Å². The van der Waals surface area contributed by atoms with Gasteiger partial charge in [-0.05, 0) is 46.3 Å². The highest BCUT2D eigenvalue weighted by Gasteiger charge is 2.34. The van der Waals surface area contributed by atoms with E-state index in [4.69, 9.17) is 5.73 Å². The van der Waals surface area contributed by atoms with Crippen molar-refractivity contribution in [2.75, 3.05) is 0 Å². The smallest absolute Gasteiger partial charge is 0.283 e. The Hall–Kier alpha value is -0.980. The van der Waals surface area contributed by atoms with Crippen LogP contribution < -0.4 is 5.73 Å². The predicted octanol–water partition coefficient (Wildman–Crippen LogP) is 2.13. The van der Waals surface area contributed by atoms with Crippen LogP contribution in [0, 0.1) is 16.0 Å². The lowest BCUT2D eigenvalue weighted by molar-refractivity contribution is -0.385. The maximum Gasteiger partial charge on any atom is 0.283 e. The van der Waals surface area contributed by atoms with Crippen molar-refractivity contribution >= 4 is 21.6 Å². The second-order valence-electron chi connectivity index (χ2n) is 4.32. The lowest BCUT2D eigenvalue weighted by Crippen LogP contribution is -2.27. The van der Waals surface area contributed by atoms with Gasteiger partial charge in [-0.25, -0.2) is 0 Å². The van der Waals surface area contributed by atoms with E-state index >= 15 is 0 Å². The number of benzene rings is 1. The number of hydrogen-bond donors (Lipinski definition) is 2. The van der Waals surface area contributed by atoms with E-state index in [0.29, 0.717) is 10.0 Å². The average Bonchev–Trinajstić information content (AvgIpc) is 3.11. The fraction of sp³-hybridized carbons (Fsp3) is 0.455. The van der Waals surface area contributed by atoms with Gasteiger partial charge in [-0.1, -0.05) is 6.07 Å². The third kappa shape index (κ3) is 2.65. The summed E-state index contributed by atoms with van der Waals surface area (Å²) in [4.78, 5) is 10.3. The fourth-order valence-corrected chi connectivity index (χ4v) is 2.20. The van der Waals surface area contributed by atoms with Crippen LogP contribution in [0.3, 0.4) is 0 Å². The minimum absolute atomic E-state index is 0.0269. The third-order valence-corrected chi connectivity index (χ3v) is 3.70. The van der Waals surface area contributed by atoms with Gasteiger partial charge in [-0.2, -0.15) is 0 Å². The fourth-order valence-electron chi connectivity index (χ4n) is 1.81. The van der Waals surface area contributed by atoms with E-state index in [-0.39, 0.29) is 11.6 Å².